The first-order valence-electron chi connectivity index (χ1n) is 6.22. The smallest absolute Gasteiger partial charge is 0.225 e. The van der Waals surface area contributed by atoms with Gasteiger partial charge < -0.3 is 11.1 Å². The maximum absolute atomic E-state index is 11.7. The minimum absolute atomic E-state index is 0.0273. The predicted octanol–water partition coefficient (Wildman–Crippen LogP) is 2.17. The highest BCUT2D eigenvalue weighted by atomic mass is 32.1. The van der Waals surface area contributed by atoms with Crippen molar-refractivity contribution in [2.75, 3.05) is 5.32 Å². The monoisotopic (exact) mass is 263 g/mol. The summed E-state index contributed by atoms with van der Waals surface area (Å²) in [6.45, 7) is 1.88. The average molecular weight is 263 g/mol. The second kappa shape index (κ2) is 5.51. The number of thiophene rings is 1. The van der Waals surface area contributed by atoms with Crippen molar-refractivity contribution in [3.63, 3.8) is 0 Å². The summed E-state index contributed by atoms with van der Waals surface area (Å²) in [6, 6.07) is 2.24. The number of anilines is 1. The zero-order chi connectivity index (χ0) is 13.1. The van der Waals surface area contributed by atoms with E-state index in [1.807, 2.05) is 6.92 Å². The quantitative estimate of drug-likeness (QED) is 0.873. The van der Waals surface area contributed by atoms with Gasteiger partial charge >= 0.3 is 0 Å². The van der Waals surface area contributed by atoms with Crippen molar-refractivity contribution in [2.45, 2.75) is 45.1 Å². The Labute approximate surface area is 111 Å². The van der Waals surface area contributed by atoms with E-state index in [1.165, 1.54) is 4.88 Å². The number of fused-ring (bicyclic) bond motifs is 1. The highest BCUT2D eigenvalue weighted by molar-refractivity contribution is 7.16. The maximum atomic E-state index is 11.7. The van der Waals surface area contributed by atoms with Gasteiger partial charge in [-0.25, -0.2) is 0 Å². The van der Waals surface area contributed by atoms with Crippen LogP contribution in [0.3, 0.4) is 0 Å². The van der Waals surface area contributed by atoms with Crippen molar-refractivity contribution >= 4 is 22.2 Å². The topological polar surface area (TPSA) is 78.9 Å². The molecule has 0 bridgehead atoms. The van der Waals surface area contributed by atoms with E-state index in [0.717, 1.165) is 29.8 Å². The molecule has 1 aromatic heterocycles. The largest absolute Gasteiger partial charge is 0.328 e. The van der Waals surface area contributed by atoms with Crippen molar-refractivity contribution in [2.24, 2.45) is 5.73 Å². The van der Waals surface area contributed by atoms with E-state index in [1.54, 1.807) is 11.3 Å². The van der Waals surface area contributed by atoms with Crippen LogP contribution in [0.15, 0.2) is 0 Å². The summed E-state index contributed by atoms with van der Waals surface area (Å²) < 4.78 is 0. The van der Waals surface area contributed by atoms with Crippen LogP contribution >= 0.6 is 11.3 Å². The molecule has 5 heteroatoms. The Hall–Kier alpha value is -1.38. The van der Waals surface area contributed by atoms with Gasteiger partial charge in [0.2, 0.25) is 5.91 Å². The zero-order valence-corrected chi connectivity index (χ0v) is 11.3. The summed E-state index contributed by atoms with van der Waals surface area (Å²) in [4.78, 5) is 13.0. The van der Waals surface area contributed by atoms with Crippen LogP contribution in [-0.2, 0) is 17.6 Å². The van der Waals surface area contributed by atoms with Crippen LogP contribution < -0.4 is 11.1 Å². The Balaban J connectivity index is 2.06. The Bertz CT molecular complexity index is 499. The number of rotatable bonds is 4. The molecule has 4 nitrogen and oxygen atoms in total. The fourth-order valence-electron chi connectivity index (χ4n) is 2.16. The number of hydrogen-bond donors (Lipinski definition) is 2. The molecule has 0 aliphatic heterocycles. The standard InChI is InChI=1S/C13H17N3OS/c1-8(15)5-6-12(17)16-13-10(7-14)9-3-2-4-11(9)18-13/h8H,2-6,15H2,1H3,(H,16,17). The summed E-state index contributed by atoms with van der Waals surface area (Å²) >= 11 is 1.55. The molecule has 1 amide bonds. The number of aryl methyl sites for hydroxylation is 1. The van der Waals surface area contributed by atoms with E-state index in [2.05, 4.69) is 11.4 Å². The first-order valence-corrected chi connectivity index (χ1v) is 7.03. The van der Waals surface area contributed by atoms with Crippen LogP contribution in [0.1, 0.15) is 42.2 Å². The second-order valence-electron chi connectivity index (χ2n) is 4.74. The minimum atomic E-state index is -0.0521. The lowest BCUT2D eigenvalue weighted by Gasteiger charge is -2.05. The molecule has 0 radical (unpaired) electrons. The molecule has 0 saturated heterocycles. The molecular formula is C13H17N3OS. The Morgan fingerprint density at radius 2 is 2.39 bits per heavy atom. The number of carbonyl (C=O) groups excluding carboxylic acids is 1. The molecule has 18 heavy (non-hydrogen) atoms. The third kappa shape index (κ3) is 2.71. The number of hydrogen-bond acceptors (Lipinski definition) is 4. The first kappa shape index (κ1) is 13.1. The average Bonchev–Trinajstić information content (AvgIpc) is 2.86. The number of nitrogens with one attached hydrogen (secondary N) is 1. The van der Waals surface area contributed by atoms with Crippen molar-refractivity contribution in [3.8, 4) is 6.07 Å². The van der Waals surface area contributed by atoms with E-state index in [9.17, 15) is 10.1 Å². The van der Waals surface area contributed by atoms with Crippen LogP contribution in [0.4, 0.5) is 5.00 Å². The van der Waals surface area contributed by atoms with Crippen molar-refractivity contribution in [1.29, 1.82) is 5.26 Å². The maximum Gasteiger partial charge on any atom is 0.225 e. The van der Waals surface area contributed by atoms with Gasteiger partial charge in [0.05, 0.1) is 5.56 Å². The van der Waals surface area contributed by atoms with E-state index in [4.69, 9.17) is 5.73 Å². The van der Waals surface area contributed by atoms with Crippen LogP contribution in [0.2, 0.25) is 0 Å². The van der Waals surface area contributed by atoms with E-state index in [-0.39, 0.29) is 11.9 Å². The molecule has 3 N–H and O–H groups in total. The summed E-state index contributed by atoms with van der Waals surface area (Å²) in [5.74, 6) is -0.0521. The molecule has 0 saturated carbocycles. The molecule has 0 fully saturated rings. The lowest BCUT2D eigenvalue weighted by Crippen LogP contribution is -2.19. The molecule has 96 valence electrons. The highest BCUT2D eigenvalue weighted by Gasteiger charge is 2.22. The van der Waals surface area contributed by atoms with Gasteiger partial charge in [-0.3, -0.25) is 4.79 Å². The van der Waals surface area contributed by atoms with Crippen molar-refractivity contribution in [3.05, 3.63) is 16.0 Å². The third-order valence-electron chi connectivity index (χ3n) is 3.11. The van der Waals surface area contributed by atoms with Crippen molar-refractivity contribution < 1.29 is 4.79 Å². The van der Waals surface area contributed by atoms with Gasteiger partial charge in [0, 0.05) is 17.3 Å². The summed E-state index contributed by atoms with van der Waals surface area (Å²) in [7, 11) is 0. The van der Waals surface area contributed by atoms with Gasteiger partial charge in [-0.15, -0.1) is 11.3 Å². The van der Waals surface area contributed by atoms with Gasteiger partial charge in [0.15, 0.2) is 0 Å². The van der Waals surface area contributed by atoms with E-state index < -0.39 is 0 Å². The Morgan fingerprint density at radius 3 is 3.06 bits per heavy atom. The molecule has 1 unspecified atom stereocenters. The van der Waals surface area contributed by atoms with E-state index >= 15 is 0 Å². The van der Waals surface area contributed by atoms with Gasteiger partial charge in [0.1, 0.15) is 11.1 Å². The van der Waals surface area contributed by atoms with Gasteiger partial charge in [-0.2, -0.15) is 5.26 Å². The fraction of sp³-hybridized carbons (Fsp3) is 0.538. The predicted molar refractivity (Wildman–Crippen MR) is 72.6 cm³/mol. The van der Waals surface area contributed by atoms with Gasteiger partial charge in [-0.05, 0) is 38.2 Å². The third-order valence-corrected chi connectivity index (χ3v) is 4.32. The number of nitriles is 1. The Morgan fingerprint density at radius 1 is 1.61 bits per heavy atom. The molecule has 0 spiro atoms. The normalized spacial score (nSPS) is 14.9. The van der Waals surface area contributed by atoms with Crippen LogP contribution in [0.5, 0.6) is 0 Å². The summed E-state index contributed by atoms with van der Waals surface area (Å²) in [6.07, 6.45) is 4.19. The molecule has 1 atom stereocenters. The zero-order valence-electron chi connectivity index (χ0n) is 10.5. The van der Waals surface area contributed by atoms with Gasteiger partial charge in [0.25, 0.3) is 0 Å². The summed E-state index contributed by atoms with van der Waals surface area (Å²) in [5, 5.41) is 12.8. The van der Waals surface area contributed by atoms with Crippen LogP contribution in [0, 0.1) is 11.3 Å². The number of amides is 1. The Kier molecular flexibility index (Phi) is 4.00. The lowest BCUT2D eigenvalue weighted by molar-refractivity contribution is -0.116. The minimum Gasteiger partial charge on any atom is -0.328 e. The summed E-state index contributed by atoms with van der Waals surface area (Å²) in [5.41, 5.74) is 7.43. The van der Waals surface area contributed by atoms with Gasteiger partial charge in [-0.1, -0.05) is 0 Å². The van der Waals surface area contributed by atoms with E-state index in [0.29, 0.717) is 18.4 Å². The number of carbonyl (C=O) groups is 1. The molecular weight excluding hydrogens is 246 g/mol. The van der Waals surface area contributed by atoms with Crippen LogP contribution in [-0.4, -0.2) is 11.9 Å². The fourth-order valence-corrected chi connectivity index (χ4v) is 3.41. The molecule has 2 rings (SSSR count). The SMILES string of the molecule is CC(N)CCC(=O)Nc1sc2c(c1C#N)CCC2. The molecule has 1 aliphatic carbocycles. The molecule has 0 aromatic carbocycles. The first-order chi connectivity index (χ1) is 8.61. The molecule has 1 aliphatic rings. The highest BCUT2D eigenvalue weighted by Crippen LogP contribution is 2.38. The molecule has 1 heterocycles. The number of nitrogens with two attached hydrogens (primary N) is 1. The van der Waals surface area contributed by atoms with Crippen molar-refractivity contribution in [1.82, 2.24) is 0 Å². The molecule has 1 aromatic rings. The van der Waals surface area contributed by atoms with Crippen LogP contribution in [0.25, 0.3) is 0 Å². The second-order valence-corrected chi connectivity index (χ2v) is 5.84. The number of nitrogens with zero attached hydrogens (tertiary/aromatic N) is 1. The lowest BCUT2D eigenvalue weighted by atomic mass is 10.1.